The van der Waals surface area contributed by atoms with E-state index in [1.165, 1.54) is 25.7 Å². The summed E-state index contributed by atoms with van der Waals surface area (Å²) >= 11 is 0. The van der Waals surface area contributed by atoms with Gasteiger partial charge in [0.25, 0.3) is 0 Å². The first-order valence-corrected chi connectivity index (χ1v) is 7.13. The molecule has 2 fully saturated rings. The molecule has 98 valence electrons. The number of aliphatic hydroxyl groups excluding tert-OH is 1. The molecule has 0 aliphatic heterocycles. The zero-order valence-electron chi connectivity index (χ0n) is 11.0. The number of ether oxygens (including phenoxy) is 1. The van der Waals surface area contributed by atoms with Crippen molar-refractivity contribution in [2.45, 2.75) is 38.7 Å². The third-order valence-corrected chi connectivity index (χ3v) is 4.71. The maximum atomic E-state index is 9.45. The van der Waals surface area contributed by atoms with E-state index in [1.54, 1.807) is 6.92 Å². The van der Waals surface area contributed by atoms with Crippen molar-refractivity contribution in [1.29, 1.82) is 0 Å². The second kappa shape index (κ2) is 4.93. The van der Waals surface area contributed by atoms with E-state index in [0.29, 0.717) is 0 Å². The largest absolute Gasteiger partial charge is 0.493 e. The van der Waals surface area contributed by atoms with Crippen molar-refractivity contribution in [2.24, 2.45) is 17.8 Å². The summed E-state index contributed by atoms with van der Waals surface area (Å²) in [6.07, 6.45) is 5.28. The van der Waals surface area contributed by atoms with Crippen molar-refractivity contribution >= 4 is 0 Å². The lowest BCUT2D eigenvalue weighted by molar-refractivity contribution is 0.193. The van der Waals surface area contributed by atoms with Gasteiger partial charge < -0.3 is 9.84 Å². The van der Waals surface area contributed by atoms with Gasteiger partial charge >= 0.3 is 0 Å². The summed E-state index contributed by atoms with van der Waals surface area (Å²) in [5.74, 6) is 3.62. The minimum absolute atomic E-state index is 0.399. The van der Waals surface area contributed by atoms with Gasteiger partial charge in [-0.25, -0.2) is 0 Å². The van der Waals surface area contributed by atoms with Gasteiger partial charge in [0, 0.05) is 0 Å². The number of hydrogen-bond donors (Lipinski definition) is 1. The number of benzene rings is 1. The maximum absolute atomic E-state index is 9.45. The van der Waals surface area contributed by atoms with E-state index >= 15 is 0 Å². The quantitative estimate of drug-likeness (QED) is 0.880. The molecule has 0 radical (unpaired) electrons. The molecule has 2 bridgehead atoms. The summed E-state index contributed by atoms with van der Waals surface area (Å²) in [5, 5.41) is 9.45. The van der Waals surface area contributed by atoms with Gasteiger partial charge in [0.05, 0.1) is 12.7 Å². The van der Waals surface area contributed by atoms with Crippen LogP contribution >= 0.6 is 0 Å². The highest BCUT2D eigenvalue weighted by atomic mass is 16.5. The van der Waals surface area contributed by atoms with E-state index in [1.807, 2.05) is 24.3 Å². The van der Waals surface area contributed by atoms with E-state index in [-0.39, 0.29) is 0 Å². The third-order valence-electron chi connectivity index (χ3n) is 4.71. The van der Waals surface area contributed by atoms with Crippen molar-refractivity contribution in [3.8, 4) is 5.75 Å². The van der Waals surface area contributed by atoms with Crippen LogP contribution < -0.4 is 4.74 Å². The molecule has 0 amide bonds. The molecule has 0 aromatic heterocycles. The van der Waals surface area contributed by atoms with Crippen molar-refractivity contribution in [3.63, 3.8) is 0 Å². The highest BCUT2D eigenvalue weighted by molar-refractivity contribution is 5.28. The van der Waals surface area contributed by atoms with Crippen LogP contribution in [0.1, 0.15) is 44.3 Å². The van der Waals surface area contributed by atoms with Crippen molar-refractivity contribution in [1.82, 2.24) is 0 Å². The Bertz CT molecular complexity index is 396. The normalized spacial score (nSPS) is 31.6. The predicted octanol–water partition coefficient (Wildman–Crippen LogP) is 3.55. The number of fused-ring (bicyclic) bond motifs is 2. The molecule has 1 aromatic rings. The van der Waals surface area contributed by atoms with Gasteiger partial charge in [-0.1, -0.05) is 18.6 Å². The Morgan fingerprint density at radius 1 is 1.22 bits per heavy atom. The maximum Gasteiger partial charge on any atom is 0.119 e. The molecule has 1 aromatic carbocycles. The van der Waals surface area contributed by atoms with Crippen LogP contribution in [-0.4, -0.2) is 11.7 Å². The average molecular weight is 246 g/mol. The zero-order valence-corrected chi connectivity index (χ0v) is 11.0. The van der Waals surface area contributed by atoms with Crippen LogP contribution in [0.5, 0.6) is 5.75 Å². The Morgan fingerprint density at radius 3 is 2.56 bits per heavy atom. The van der Waals surface area contributed by atoms with Gasteiger partial charge in [-0.15, -0.1) is 0 Å². The third kappa shape index (κ3) is 2.39. The highest BCUT2D eigenvalue weighted by Crippen LogP contribution is 2.48. The van der Waals surface area contributed by atoms with E-state index in [4.69, 9.17) is 4.74 Å². The van der Waals surface area contributed by atoms with E-state index in [0.717, 1.165) is 35.7 Å². The molecule has 2 heteroatoms. The molecule has 3 rings (SSSR count). The molecule has 3 unspecified atom stereocenters. The van der Waals surface area contributed by atoms with Gasteiger partial charge in [-0.05, 0) is 61.6 Å². The smallest absolute Gasteiger partial charge is 0.119 e. The molecule has 18 heavy (non-hydrogen) atoms. The molecular weight excluding hydrogens is 224 g/mol. The first-order chi connectivity index (χ1) is 8.72. The Balaban J connectivity index is 1.54. The molecule has 0 saturated heterocycles. The van der Waals surface area contributed by atoms with Gasteiger partial charge in [-0.2, -0.15) is 0 Å². The summed E-state index contributed by atoms with van der Waals surface area (Å²) in [6.45, 7) is 2.65. The second-order valence-electron chi connectivity index (χ2n) is 5.99. The molecule has 2 saturated carbocycles. The molecule has 4 atom stereocenters. The first kappa shape index (κ1) is 12.0. The van der Waals surface area contributed by atoms with Crippen LogP contribution in [0.15, 0.2) is 24.3 Å². The van der Waals surface area contributed by atoms with Gasteiger partial charge in [0.2, 0.25) is 0 Å². The fourth-order valence-electron chi connectivity index (χ4n) is 3.63. The van der Waals surface area contributed by atoms with Crippen molar-refractivity contribution < 1.29 is 9.84 Å². The Hall–Kier alpha value is -1.02. The van der Waals surface area contributed by atoms with Gasteiger partial charge in [0.1, 0.15) is 5.75 Å². The molecular formula is C16H22O2. The summed E-state index contributed by atoms with van der Waals surface area (Å²) in [7, 11) is 0. The molecule has 2 nitrogen and oxygen atoms in total. The lowest BCUT2D eigenvalue weighted by atomic mass is 9.89. The van der Waals surface area contributed by atoms with Gasteiger partial charge in [0.15, 0.2) is 0 Å². The predicted molar refractivity (Wildman–Crippen MR) is 71.5 cm³/mol. The van der Waals surface area contributed by atoms with Crippen LogP contribution in [0.2, 0.25) is 0 Å². The van der Waals surface area contributed by atoms with E-state index in [9.17, 15) is 5.11 Å². The fourth-order valence-corrected chi connectivity index (χ4v) is 3.63. The Kier molecular flexibility index (Phi) is 3.29. The first-order valence-electron chi connectivity index (χ1n) is 7.13. The summed E-state index contributed by atoms with van der Waals surface area (Å²) in [4.78, 5) is 0. The van der Waals surface area contributed by atoms with Crippen LogP contribution in [0.25, 0.3) is 0 Å². The Labute approximate surface area is 109 Å². The number of aliphatic hydroxyl groups is 1. The van der Waals surface area contributed by atoms with Crippen LogP contribution in [-0.2, 0) is 0 Å². The zero-order chi connectivity index (χ0) is 12.5. The van der Waals surface area contributed by atoms with Gasteiger partial charge in [-0.3, -0.25) is 0 Å². The number of hydrogen-bond acceptors (Lipinski definition) is 2. The molecule has 0 heterocycles. The molecule has 2 aliphatic carbocycles. The van der Waals surface area contributed by atoms with Crippen molar-refractivity contribution in [3.05, 3.63) is 29.8 Å². The van der Waals surface area contributed by atoms with Crippen LogP contribution in [0, 0.1) is 17.8 Å². The van der Waals surface area contributed by atoms with Crippen LogP contribution in [0.3, 0.4) is 0 Å². The summed E-state index contributed by atoms with van der Waals surface area (Å²) in [6, 6.07) is 7.83. The van der Waals surface area contributed by atoms with Crippen LogP contribution in [0.4, 0.5) is 0 Å². The molecule has 2 aliphatic rings. The SMILES string of the molecule is C[C@H](O)c1ccc(OCC2CC3CCC2C3)cc1. The minimum atomic E-state index is -0.399. The average Bonchev–Trinajstić information content (AvgIpc) is 2.99. The number of rotatable bonds is 4. The lowest BCUT2D eigenvalue weighted by Crippen LogP contribution is -2.18. The summed E-state index contributed by atoms with van der Waals surface area (Å²) in [5.41, 5.74) is 0.947. The minimum Gasteiger partial charge on any atom is -0.493 e. The van der Waals surface area contributed by atoms with E-state index in [2.05, 4.69) is 0 Å². The van der Waals surface area contributed by atoms with E-state index < -0.39 is 6.10 Å². The standard InChI is InChI=1S/C16H22O2/c1-11(17)13-4-6-16(7-5-13)18-10-15-9-12-2-3-14(15)8-12/h4-7,11-12,14-15,17H,2-3,8-10H2,1H3/t11-,12?,14?,15?/m0/s1. The highest BCUT2D eigenvalue weighted by Gasteiger charge is 2.39. The Morgan fingerprint density at radius 2 is 2.00 bits per heavy atom. The summed E-state index contributed by atoms with van der Waals surface area (Å²) < 4.78 is 5.90. The second-order valence-corrected chi connectivity index (χ2v) is 5.99. The molecule has 0 spiro atoms. The fraction of sp³-hybridized carbons (Fsp3) is 0.625. The lowest BCUT2D eigenvalue weighted by Gasteiger charge is -2.21. The monoisotopic (exact) mass is 246 g/mol. The molecule has 1 N–H and O–H groups in total. The topological polar surface area (TPSA) is 29.5 Å². The van der Waals surface area contributed by atoms with Crippen molar-refractivity contribution in [2.75, 3.05) is 6.61 Å².